The van der Waals surface area contributed by atoms with Crippen LogP contribution >= 0.6 is 35.0 Å². The molecule has 0 atom stereocenters. The summed E-state index contributed by atoms with van der Waals surface area (Å²) >= 11 is 13.6. The van der Waals surface area contributed by atoms with Crippen molar-refractivity contribution in [1.29, 1.82) is 0 Å². The zero-order chi connectivity index (χ0) is 19.0. The van der Waals surface area contributed by atoms with E-state index in [-0.39, 0.29) is 5.91 Å². The second kappa shape index (κ2) is 7.35. The molecule has 1 aliphatic heterocycles. The number of nitrogens with one attached hydrogen (secondary N) is 1. The van der Waals surface area contributed by atoms with Crippen LogP contribution in [-0.4, -0.2) is 16.1 Å². The van der Waals surface area contributed by atoms with Crippen LogP contribution < -0.4 is 5.32 Å². The SMILES string of the molecule is Cc1ccnc2ccc(C=C3SC(Nc4c(Cl)cccc4Cl)=NC3=O)cc12. The quantitative estimate of drug-likeness (QED) is 0.528. The number of thioether (sulfide) groups is 1. The van der Waals surface area contributed by atoms with Crippen molar-refractivity contribution in [2.24, 2.45) is 4.99 Å². The molecule has 0 bridgehead atoms. The summed E-state index contributed by atoms with van der Waals surface area (Å²) < 4.78 is 0. The first-order chi connectivity index (χ1) is 13.0. The van der Waals surface area contributed by atoms with Crippen LogP contribution in [0.5, 0.6) is 0 Å². The molecule has 1 aliphatic rings. The van der Waals surface area contributed by atoms with Gasteiger partial charge >= 0.3 is 0 Å². The van der Waals surface area contributed by atoms with Crippen LogP contribution in [-0.2, 0) is 4.79 Å². The average Bonchev–Trinajstić information content (AvgIpc) is 2.98. The molecule has 0 saturated carbocycles. The second-order valence-electron chi connectivity index (χ2n) is 5.96. The van der Waals surface area contributed by atoms with E-state index in [2.05, 4.69) is 15.3 Å². The van der Waals surface area contributed by atoms with E-state index >= 15 is 0 Å². The standard InChI is InChI=1S/C20H13Cl2N3OS/c1-11-7-8-23-16-6-5-12(9-13(11)16)10-17-19(26)25-20(27-17)24-18-14(21)3-2-4-15(18)22/h2-10H,1H3,(H,24,25,26). The topological polar surface area (TPSA) is 54.4 Å². The highest BCUT2D eigenvalue weighted by Crippen LogP contribution is 2.34. The molecule has 1 amide bonds. The number of para-hydroxylation sites is 1. The van der Waals surface area contributed by atoms with Crippen LogP contribution in [0.1, 0.15) is 11.1 Å². The number of pyridine rings is 1. The maximum atomic E-state index is 12.3. The lowest BCUT2D eigenvalue weighted by Gasteiger charge is -2.08. The highest BCUT2D eigenvalue weighted by Gasteiger charge is 2.23. The van der Waals surface area contributed by atoms with E-state index in [1.165, 1.54) is 11.8 Å². The highest BCUT2D eigenvalue weighted by atomic mass is 35.5. The Morgan fingerprint density at radius 2 is 1.89 bits per heavy atom. The Balaban J connectivity index is 1.60. The summed E-state index contributed by atoms with van der Waals surface area (Å²) in [4.78, 5) is 21.2. The number of fused-ring (bicyclic) bond motifs is 1. The minimum absolute atomic E-state index is 0.298. The second-order valence-corrected chi connectivity index (χ2v) is 7.80. The van der Waals surface area contributed by atoms with Gasteiger partial charge in [0.15, 0.2) is 5.17 Å². The molecule has 0 fully saturated rings. The van der Waals surface area contributed by atoms with Crippen LogP contribution in [0, 0.1) is 6.92 Å². The minimum Gasteiger partial charge on any atom is -0.332 e. The van der Waals surface area contributed by atoms with Crippen molar-refractivity contribution < 1.29 is 4.79 Å². The first-order valence-corrected chi connectivity index (χ1v) is 9.67. The maximum Gasteiger partial charge on any atom is 0.286 e. The summed E-state index contributed by atoms with van der Waals surface area (Å²) in [6.07, 6.45) is 3.61. The summed E-state index contributed by atoms with van der Waals surface area (Å²) in [5.74, 6) is -0.298. The van der Waals surface area contributed by atoms with Gasteiger partial charge in [-0.25, -0.2) is 0 Å². The molecule has 0 unspecified atom stereocenters. The van der Waals surface area contributed by atoms with Crippen molar-refractivity contribution in [1.82, 2.24) is 4.98 Å². The molecule has 4 rings (SSSR count). The third-order valence-corrected chi connectivity index (χ3v) is 5.63. The molecule has 7 heteroatoms. The number of nitrogens with zero attached hydrogens (tertiary/aromatic N) is 2. The van der Waals surface area contributed by atoms with Crippen molar-refractivity contribution in [3.05, 3.63) is 74.7 Å². The average molecular weight is 414 g/mol. The third kappa shape index (κ3) is 3.72. The van der Waals surface area contributed by atoms with Crippen LogP contribution in [0.15, 0.2) is 58.6 Å². The van der Waals surface area contributed by atoms with Crippen molar-refractivity contribution >= 4 is 68.7 Å². The normalized spacial score (nSPS) is 15.4. The monoisotopic (exact) mass is 413 g/mol. The lowest BCUT2D eigenvalue weighted by molar-refractivity contribution is -0.113. The zero-order valence-corrected chi connectivity index (χ0v) is 16.5. The first kappa shape index (κ1) is 18.0. The van der Waals surface area contributed by atoms with E-state index in [9.17, 15) is 4.79 Å². The smallest absolute Gasteiger partial charge is 0.286 e. The van der Waals surface area contributed by atoms with Crippen molar-refractivity contribution in [2.45, 2.75) is 6.92 Å². The van der Waals surface area contributed by atoms with Crippen molar-refractivity contribution in [3.63, 3.8) is 0 Å². The predicted molar refractivity (Wildman–Crippen MR) is 115 cm³/mol. The summed E-state index contributed by atoms with van der Waals surface area (Å²) in [6.45, 7) is 2.04. The van der Waals surface area contributed by atoms with Gasteiger partial charge in [-0.1, -0.05) is 35.3 Å². The molecule has 0 spiro atoms. The van der Waals surface area contributed by atoms with Gasteiger partial charge in [0.2, 0.25) is 0 Å². The largest absolute Gasteiger partial charge is 0.332 e. The first-order valence-electron chi connectivity index (χ1n) is 8.10. The molecule has 2 aromatic carbocycles. The lowest BCUT2D eigenvalue weighted by atomic mass is 10.1. The minimum atomic E-state index is -0.298. The van der Waals surface area contributed by atoms with Crippen LogP contribution in [0.3, 0.4) is 0 Å². The molecule has 3 aromatic rings. The number of hydrogen-bond donors (Lipinski definition) is 1. The molecule has 1 N–H and O–H groups in total. The summed E-state index contributed by atoms with van der Waals surface area (Å²) in [7, 11) is 0. The Morgan fingerprint density at radius 3 is 2.67 bits per heavy atom. The Labute approximate surface area is 170 Å². The molecule has 0 saturated heterocycles. The van der Waals surface area contributed by atoms with Crippen LogP contribution in [0.25, 0.3) is 17.0 Å². The molecule has 2 heterocycles. The molecule has 4 nitrogen and oxygen atoms in total. The Hall–Kier alpha value is -2.34. The number of anilines is 1. The molecule has 0 radical (unpaired) electrons. The third-order valence-electron chi connectivity index (χ3n) is 4.10. The van der Waals surface area contributed by atoms with Crippen molar-refractivity contribution in [3.8, 4) is 0 Å². The van der Waals surface area contributed by atoms with Gasteiger partial charge < -0.3 is 5.32 Å². The van der Waals surface area contributed by atoms with Gasteiger partial charge in [0.1, 0.15) is 0 Å². The summed E-state index contributed by atoms with van der Waals surface area (Å²) in [5, 5.41) is 5.48. The van der Waals surface area contributed by atoms with E-state index < -0.39 is 0 Å². The summed E-state index contributed by atoms with van der Waals surface area (Å²) in [6, 6.07) is 13.1. The van der Waals surface area contributed by atoms with Gasteiger partial charge in [-0.15, -0.1) is 0 Å². The number of rotatable bonds is 2. The van der Waals surface area contributed by atoms with E-state index in [0.29, 0.717) is 25.8 Å². The number of amides is 1. The molecule has 27 heavy (non-hydrogen) atoms. The fourth-order valence-corrected chi connectivity index (χ4v) is 4.04. The Kier molecular flexibility index (Phi) is 4.91. The van der Waals surface area contributed by atoms with Crippen LogP contribution in [0.2, 0.25) is 10.0 Å². The van der Waals surface area contributed by atoms with Gasteiger partial charge in [0.25, 0.3) is 5.91 Å². The number of carbonyl (C=O) groups is 1. The van der Waals surface area contributed by atoms with Gasteiger partial charge in [0, 0.05) is 11.6 Å². The van der Waals surface area contributed by atoms with Gasteiger partial charge in [-0.2, -0.15) is 4.99 Å². The number of benzene rings is 2. The number of hydrogen-bond acceptors (Lipinski definition) is 4. The Bertz CT molecular complexity index is 1120. The van der Waals surface area contributed by atoms with E-state index in [4.69, 9.17) is 23.2 Å². The zero-order valence-electron chi connectivity index (χ0n) is 14.2. The molecular formula is C20H13Cl2N3OS. The number of aliphatic imine (C=N–C) groups is 1. The Morgan fingerprint density at radius 1 is 1.11 bits per heavy atom. The van der Waals surface area contributed by atoms with Gasteiger partial charge in [-0.05, 0) is 66.2 Å². The lowest BCUT2D eigenvalue weighted by Crippen LogP contribution is -2.05. The molecule has 1 aromatic heterocycles. The fourth-order valence-electron chi connectivity index (χ4n) is 2.73. The number of carbonyl (C=O) groups excluding carboxylic acids is 1. The highest BCUT2D eigenvalue weighted by molar-refractivity contribution is 8.18. The number of aryl methyl sites for hydroxylation is 1. The predicted octanol–water partition coefficient (Wildman–Crippen LogP) is 5.93. The summed E-state index contributed by atoms with van der Waals surface area (Å²) in [5.41, 5.74) is 3.52. The maximum absolute atomic E-state index is 12.3. The molecular weight excluding hydrogens is 401 g/mol. The fraction of sp³-hybridized carbons (Fsp3) is 0.0500. The van der Waals surface area contributed by atoms with Gasteiger partial charge in [-0.3, -0.25) is 9.78 Å². The van der Waals surface area contributed by atoms with E-state index in [1.807, 2.05) is 37.3 Å². The molecule has 0 aliphatic carbocycles. The number of aromatic nitrogens is 1. The van der Waals surface area contributed by atoms with Crippen molar-refractivity contribution in [2.75, 3.05) is 5.32 Å². The number of halogens is 2. The van der Waals surface area contributed by atoms with E-state index in [1.54, 1.807) is 24.4 Å². The van der Waals surface area contributed by atoms with E-state index in [0.717, 1.165) is 22.0 Å². The number of amidine groups is 1. The molecule has 134 valence electrons. The van der Waals surface area contributed by atoms with Crippen LogP contribution in [0.4, 0.5) is 5.69 Å². The van der Waals surface area contributed by atoms with Gasteiger partial charge in [0.05, 0.1) is 26.2 Å².